The number of anilines is 2. The molecule has 0 spiro atoms. The molecule has 1 saturated heterocycles. The number of rotatable bonds is 8. The highest BCUT2D eigenvalue weighted by Crippen LogP contribution is 2.23. The van der Waals surface area contributed by atoms with Gasteiger partial charge in [-0.2, -0.15) is 5.10 Å². The molecule has 1 aliphatic rings. The van der Waals surface area contributed by atoms with Gasteiger partial charge in [0, 0.05) is 25.3 Å². The maximum absolute atomic E-state index is 13.0. The van der Waals surface area contributed by atoms with E-state index < -0.39 is 11.9 Å². The number of primary amides is 1. The molecule has 0 saturated carbocycles. The fraction of sp³-hybridized carbons (Fsp3) is 0.346. The number of ether oxygens (including phenoxy) is 1. The fourth-order valence-electron chi connectivity index (χ4n) is 4.46. The molecule has 1 aromatic heterocycles. The second kappa shape index (κ2) is 10.6. The van der Waals surface area contributed by atoms with Gasteiger partial charge >= 0.3 is 0 Å². The second-order valence-corrected chi connectivity index (χ2v) is 8.77. The number of piperazine rings is 1. The Bertz CT molecular complexity index is 1180. The van der Waals surface area contributed by atoms with Gasteiger partial charge in [0.15, 0.2) is 0 Å². The molecule has 184 valence electrons. The van der Waals surface area contributed by atoms with Crippen molar-refractivity contribution < 1.29 is 14.3 Å². The highest BCUT2D eigenvalue weighted by atomic mass is 16.5. The molecule has 9 heteroatoms. The van der Waals surface area contributed by atoms with E-state index in [1.807, 2.05) is 78.0 Å². The van der Waals surface area contributed by atoms with Gasteiger partial charge in [-0.15, -0.1) is 0 Å². The minimum atomic E-state index is -0.570. The Morgan fingerprint density at radius 3 is 2.46 bits per heavy atom. The standard InChI is InChI=1S/C26H32N6O3/c1-18-25(19(2)32(29-18)15-20-7-5-4-6-8-20)28-24(33)17-31-14-13-30(16-23(31)26(27)34)21-9-11-22(35-3)12-10-21/h4-12,23H,13-17H2,1-3H3,(H2,27,34)(H,28,33). The van der Waals surface area contributed by atoms with Crippen molar-refractivity contribution in [3.8, 4) is 5.75 Å². The van der Waals surface area contributed by atoms with Crippen LogP contribution in [0, 0.1) is 13.8 Å². The third kappa shape index (κ3) is 5.63. The number of nitrogens with zero attached hydrogens (tertiary/aromatic N) is 4. The SMILES string of the molecule is COc1ccc(N2CCN(CC(=O)Nc3c(C)nn(Cc4ccccc4)c3C)C(C(N)=O)C2)cc1. The van der Waals surface area contributed by atoms with Crippen molar-refractivity contribution in [1.82, 2.24) is 14.7 Å². The maximum atomic E-state index is 13.0. The topological polar surface area (TPSA) is 106 Å². The lowest BCUT2D eigenvalue weighted by atomic mass is 10.1. The second-order valence-electron chi connectivity index (χ2n) is 8.77. The van der Waals surface area contributed by atoms with Crippen LogP contribution in [0.25, 0.3) is 0 Å². The Hall–Kier alpha value is -3.85. The zero-order valence-electron chi connectivity index (χ0n) is 20.4. The first-order chi connectivity index (χ1) is 16.9. The predicted octanol–water partition coefficient (Wildman–Crippen LogP) is 2.17. The van der Waals surface area contributed by atoms with Crippen LogP contribution in [0.15, 0.2) is 54.6 Å². The van der Waals surface area contributed by atoms with Crippen molar-refractivity contribution in [2.24, 2.45) is 5.73 Å². The van der Waals surface area contributed by atoms with E-state index in [9.17, 15) is 9.59 Å². The molecule has 1 unspecified atom stereocenters. The van der Waals surface area contributed by atoms with E-state index in [0.717, 1.165) is 28.4 Å². The number of hydrogen-bond acceptors (Lipinski definition) is 6. The summed E-state index contributed by atoms with van der Waals surface area (Å²) in [7, 11) is 1.62. The zero-order chi connectivity index (χ0) is 24.9. The first kappa shape index (κ1) is 24.3. The van der Waals surface area contributed by atoms with E-state index in [1.165, 1.54) is 0 Å². The van der Waals surface area contributed by atoms with Crippen LogP contribution in [-0.4, -0.2) is 65.8 Å². The molecule has 1 atom stereocenters. The van der Waals surface area contributed by atoms with Crippen molar-refractivity contribution >= 4 is 23.2 Å². The summed E-state index contributed by atoms with van der Waals surface area (Å²) >= 11 is 0. The molecule has 2 amide bonds. The number of aromatic nitrogens is 2. The van der Waals surface area contributed by atoms with Gasteiger partial charge in [0.1, 0.15) is 11.8 Å². The van der Waals surface area contributed by atoms with Crippen LogP contribution in [0.5, 0.6) is 5.75 Å². The molecular formula is C26H32N6O3. The number of benzene rings is 2. The minimum Gasteiger partial charge on any atom is -0.497 e. The van der Waals surface area contributed by atoms with Crippen LogP contribution in [0.1, 0.15) is 17.0 Å². The van der Waals surface area contributed by atoms with E-state index in [1.54, 1.807) is 7.11 Å². The van der Waals surface area contributed by atoms with Gasteiger partial charge in [0.2, 0.25) is 11.8 Å². The Morgan fingerprint density at radius 1 is 1.09 bits per heavy atom. The van der Waals surface area contributed by atoms with Crippen LogP contribution >= 0.6 is 0 Å². The van der Waals surface area contributed by atoms with Gasteiger partial charge in [-0.05, 0) is 43.7 Å². The molecule has 9 nitrogen and oxygen atoms in total. The van der Waals surface area contributed by atoms with Gasteiger partial charge in [-0.1, -0.05) is 30.3 Å². The molecule has 4 rings (SSSR count). The first-order valence-electron chi connectivity index (χ1n) is 11.7. The summed E-state index contributed by atoms with van der Waals surface area (Å²) in [5, 5.41) is 7.61. The van der Waals surface area contributed by atoms with Crippen LogP contribution in [-0.2, 0) is 16.1 Å². The molecule has 2 aromatic carbocycles. The van der Waals surface area contributed by atoms with Crippen LogP contribution in [0.3, 0.4) is 0 Å². The summed E-state index contributed by atoms with van der Waals surface area (Å²) in [5.41, 5.74) is 10.2. The Balaban J connectivity index is 1.40. The Morgan fingerprint density at radius 2 is 1.80 bits per heavy atom. The quantitative estimate of drug-likeness (QED) is 0.516. The Kier molecular flexibility index (Phi) is 7.36. The Labute approximate surface area is 205 Å². The van der Waals surface area contributed by atoms with Crippen LogP contribution in [0.4, 0.5) is 11.4 Å². The van der Waals surface area contributed by atoms with E-state index >= 15 is 0 Å². The van der Waals surface area contributed by atoms with Gasteiger partial charge in [0.25, 0.3) is 0 Å². The molecule has 35 heavy (non-hydrogen) atoms. The molecule has 0 radical (unpaired) electrons. The fourth-order valence-corrected chi connectivity index (χ4v) is 4.46. The summed E-state index contributed by atoms with van der Waals surface area (Å²) < 4.78 is 7.11. The number of carbonyl (C=O) groups excluding carboxylic acids is 2. The van der Waals surface area contributed by atoms with Gasteiger partial charge in [-0.25, -0.2) is 0 Å². The van der Waals surface area contributed by atoms with Crippen molar-refractivity contribution in [1.29, 1.82) is 0 Å². The predicted molar refractivity (Wildman–Crippen MR) is 136 cm³/mol. The van der Waals surface area contributed by atoms with Gasteiger partial charge in [0.05, 0.1) is 37.3 Å². The largest absolute Gasteiger partial charge is 0.497 e. The van der Waals surface area contributed by atoms with Crippen molar-refractivity contribution in [2.45, 2.75) is 26.4 Å². The summed E-state index contributed by atoms with van der Waals surface area (Å²) in [5.74, 6) is 0.131. The number of nitrogens with two attached hydrogens (primary N) is 1. The smallest absolute Gasteiger partial charge is 0.238 e. The number of carbonyl (C=O) groups is 2. The maximum Gasteiger partial charge on any atom is 0.238 e. The van der Waals surface area contributed by atoms with E-state index in [4.69, 9.17) is 10.5 Å². The number of methoxy groups -OCH3 is 1. The van der Waals surface area contributed by atoms with Crippen molar-refractivity contribution in [3.05, 3.63) is 71.5 Å². The summed E-state index contributed by atoms with van der Waals surface area (Å²) in [6, 6.07) is 17.2. The summed E-state index contributed by atoms with van der Waals surface area (Å²) in [6.07, 6.45) is 0. The molecule has 0 bridgehead atoms. The summed E-state index contributed by atoms with van der Waals surface area (Å²) in [6.45, 7) is 6.16. The molecule has 1 fully saturated rings. The summed E-state index contributed by atoms with van der Waals surface area (Å²) in [4.78, 5) is 29.2. The first-order valence-corrected chi connectivity index (χ1v) is 11.7. The third-order valence-corrected chi connectivity index (χ3v) is 6.42. The minimum absolute atomic E-state index is 0.0762. The zero-order valence-corrected chi connectivity index (χ0v) is 20.4. The lowest BCUT2D eigenvalue weighted by Crippen LogP contribution is -2.59. The number of nitrogens with one attached hydrogen (secondary N) is 1. The lowest BCUT2D eigenvalue weighted by Gasteiger charge is -2.40. The highest BCUT2D eigenvalue weighted by Gasteiger charge is 2.32. The molecule has 3 N–H and O–H groups in total. The number of aryl methyl sites for hydroxylation is 1. The number of amides is 2. The molecule has 1 aliphatic heterocycles. The third-order valence-electron chi connectivity index (χ3n) is 6.42. The van der Waals surface area contributed by atoms with E-state index in [0.29, 0.717) is 31.9 Å². The normalized spacial score (nSPS) is 16.2. The monoisotopic (exact) mass is 476 g/mol. The average molecular weight is 477 g/mol. The van der Waals surface area contributed by atoms with Crippen LogP contribution < -0.4 is 20.7 Å². The van der Waals surface area contributed by atoms with Gasteiger partial charge in [-0.3, -0.25) is 19.2 Å². The highest BCUT2D eigenvalue weighted by molar-refractivity contribution is 5.94. The van der Waals surface area contributed by atoms with E-state index in [-0.39, 0.29) is 12.5 Å². The lowest BCUT2D eigenvalue weighted by molar-refractivity contribution is -0.125. The van der Waals surface area contributed by atoms with Gasteiger partial charge < -0.3 is 20.7 Å². The average Bonchev–Trinajstić information content (AvgIpc) is 3.12. The van der Waals surface area contributed by atoms with Crippen molar-refractivity contribution in [2.75, 3.05) is 43.5 Å². The van der Waals surface area contributed by atoms with E-state index in [2.05, 4.69) is 15.3 Å². The molecule has 2 heterocycles. The molecule has 0 aliphatic carbocycles. The molecular weight excluding hydrogens is 444 g/mol. The van der Waals surface area contributed by atoms with Crippen LogP contribution in [0.2, 0.25) is 0 Å². The molecule has 3 aromatic rings. The number of hydrogen-bond donors (Lipinski definition) is 2. The van der Waals surface area contributed by atoms with Crippen molar-refractivity contribution in [3.63, 3.8) is 0 Å².